The number of imidazole rings is 1. The Bertz CT molecular complexity index is 1440. The second kappa shape index (κ2) is 11.8. The van der Waals surface area contributed by atoms with Crippen molar-refractivity contribution in [3.8, 4) is 16.9 Å². The molecule has 5 rings (SSSR count). The summed E-state index contributed by atoms with van der Waals surface area (Å²) in [4.78, 5) is 35.6. The molecule has 0 saturated heterocycles. The van der Waals surface area contributed by atoms with Crippen LogP contribution in [0.2, 0.25) is 0 Å². The monoisotopic (exact) mass is 550 g/mol. The molecule has 0 atom stereocenters. The number of H-pyrrole nitrogens is 1. The van der Waals surface area contributed by atoms with Crippen molar-refractivity contribution in [1.29, 1.82) is 0 Å². The maximum Gasteiger partial charge on any atom is 0.435 e. The first-order valence-corrected chi connectivity index (χ1v) is 13.2. The lowest BCUT2D eigenvalue weighted by molar-refractivity contribution is -0.141. The fourth-order valence-corrected chi connectivity index (χ4v) is 4.94. The van der Waals surface area contributed by atoms with Crippen molar-refractivity contribution in [3.05, 3.63) is 84.3 Å². The van der Waals surface area contributed by atoms with E-state index in [2.05, 4.69) is 20.4 Å². The van der Waals surface area contributed by atoms with E-state index in [0.29, 0.717) is 11.6 Å². The summed E-state index contributed by atoms with van der Waals surface area (Å²) in [5.41, 5.74) is 0.149. The molecular formula is C29H29F3N6O2. The number of halogens is 3. The number of hydrogen-bond donors (Lipinski definition) is 2. The predicted molar refractivity (Wildman–Crippen MR) is 144 cm³/mol. The number of alkyl halides is 3. The van der Waals surface area contributed by atoms with E-state index >= 15 is 0 Å². The van der Waals surface area contributed by atoms with Gasteiger partial charge in [0.1, 0.15) is 0 Å². The number of amides is 2. The molecule has 2 aromatic heterocycles. The SMILES string of the molecule is O=C(NCCN(C(=O)C1CCCCC1)c1ncc(-c2ccccc2)[nH]1)c1cn(-c2ccccc2)nc1C(F)(F)F. The van der Waals surface area contributed by atoms with Gasteiger partial charge in [0.2, 0.25) is 11.9 Å². The summed E-state index contributed by atoms with van der Waals surface area (Å²) in [5, 5.41) is 6.18. The molecular weight excluding hydrogens is 521 g/mol. The lowest BCUT2D eigenvalue weighted by atomic mass is 9.88. The Balaban J connectivity index is 1.34. The number of carbonyl (C=O) groups excluding carboxylic acids is 2. The maximum atomic E-state index is 13.7. The van der Waals surface area contributed by atoms with Crippen molar-refractivity contribution in [2.45, 2.75) is 38.3 Å². The summed E-state index contributed by atoms with van der Waals surface area (Å²) >= 11 is 0. The van der Waals surface area contributed by atoms with Crippen molar-refractivity contribution in [2.75, 3.05) is 18.0 Å². The van der Waals surface area contributed by atoms with E-state index in [-0.39, 0.29) is 24.9 Å². The Labute approximate surface area is 229 Å². The zero-order chi connectivity index (χ0) is 28.1. The van der Waals surface area contributed by atoms with Crippen LogP contribution in [-0.2, 0) is 11.0 Å². The molecule has 4 aromatic rings. The number of carbonyl (C=O) groups is 2. The molecule has 11 heteroatoms. The predicted octanol–water partition coefficient (Wildman–Crippen LogP) is 5.62. The van der Waals surface area contributed by atoms with E-state index in [9.17, 15) is 22.8 Å². The molecule has 1 saturated carbocycles. The molecule has 0 radical (unpaired) electrons. The van der Waals surface area contributed by atoms with E-state index in [4.69, 9.17) is 0 Å². The number of anilines is 1. The Hall–Kier alpha value is -4.41. The zero-order valence-electron chi connectivity index (χ0n) is 21.7. The molecule has 0 spiro atoms. The van der Waals surface area contributed by atoms with Gasteiger partial charge in [-0.15, -0.1) is 0 Å². The Morgan fingerprint density at radius 2 is 1.68 bits per heavy atom. The highest BCUT2D eigenvalue weighted by molar-refractivity contribution is 5.96. The standard InChI is InChI=1S/C29H29F3N6O2/c30-29(31,32)25-23(19-38(36-25)22-14-8-3-9-15-22)26(39)33-16-17-37(27(40)21-12-6-2-7-13-21)28-34-18-24(35-28)20-10-4-1-5-11-20/h1,3-5,8-11,14-15,18-19,21H,2,6-7,12-13,16-17H2,(H,33,39)(H,34,35). The first-order valence-electron chi connectivity index (χ1n) is 13.2. The van der Waals surface area contributed by atoms with Gasteiger partial charge in [-0.2, -0.15) is 18.3 Å². The van der Waals surface area contributed by atoms with E-state index in [1.54, 1.807) is 36.5 Å². The largest absolute Gasteiger partial charge is 0.435 e. The van der Waals surface area contributed by atoms with Crippen molar-refractivity contribution >= 4 is 17.8 Å². The fraction of sp³-hybridized carbons (Fsp3) is 0.310. The second-order valence-electron chi connectivity index (χ2n) is 9.74. The van der Waals surface area contributed by atoms with Gasteiger partial charge >= 0.3 is 6.18 Å². The van der Waals surface area contributed by atoms with Gasteiger partial charge in [0.15, 0.2) is 5.69 Å². The van der Waals surface area contributed by atoms with Gasteiger partial charge in [0, 0.05) is 25.2 Å². The van der Waals surface area contributed by atoms with E-state index < -0.39 is 23.3 Å². The number of aromatic amines is 1. The van der Waals surface area contributed by atoms with Gasteiger partial charge in [0.05, 0.1) is 23.1 Å². The normalized spacial score (nSPS) is 14.2. The van der Waals surface area contributed by atoms with Crippen molar-refractivity contribution in [3.63, 3.8) is 0 Å². The average Bonchev–Trinajstić information content (AvgIpc) is 3.65. The van der Waals surface area contributed by atoms with Crippen LogP contribution in [0, 0.1) is 5.92 Å². The molecule has 1 aliphatic rings. The maximum absolute atomic E-state index is 13.7. The summed E-state index contributed by atoms with van der Waals surface area (Å²) in [6.07, 6.45) is 2.41. The highest BCUT2D eigenvalue weighted by Crippen LogP contribution is 2.32. The van der Waals surface area contributed by atoms with Gasteiger partial charge < -0.3 is 10.3 Å². The summed E-state index contributed by atoms with van der Waals surface area (Å²) in [7, 11) is 0. The van der Waals surface area contributed by atoms with Gasteiger partial charge in [-0.25, -0.2) is 9.67 Å². The van der Waals surface area contributed by atoms with Crippen molar-refractivity contribution < 1.29 is 22.8 Å². The Kier molecular flexibility index (Phi) is 7.99. The Morgan fingerprint density at radius 3 is 2.35 bits per heavy atom. The van der Waals surface area contributed by atoms with Gasteiger partial charge in [-0.1, -0.05) is 67.8 Å². The van der Waals surface area contributed by atoms with Gasteiger partial charge in [0.25, 0.3) is 5.91 Å². The zero-order valence-corrected chi connectivity index (χ0v) is 21.7. The Morgan fingerprint density at radius 1 is 1.00 bits per heavy atom. The van der Waals surface area contributed by atoms with Crippen LogP contribution in [-0.4, -0.2) is 44.7 Å². The summed E-state index contributed by atoms with van der Waals surface area (Å²) < 4.78 is 42.3. The van der Waals surface area contributed by atoms with E-state index in [1.165, 1.54) is 4.90 Å². The lowest BCUT2D eigenvalue weighted by Gasteiger charge is -2.27. The molecule has 0 unspecified atom stereocenters. The van der Waals surface area contributed by atoms with Crippen LogP contribution < -0.4 is 10.2 Å². The van der Waals surface area contributed by atoms with E-state index in [0.717, 1.165) is 54.2 Å². The number of benzene rings is 2. The third-order valence-electron chi connectivity index (χ3n) is 6.99. The van der Waals surface area contributed by atoms with Crippen LogP contribution in [0.4, 0.5) is 19.1 Å². The third-order valence-corrected chi connectivity index (χ3v) is 6.99. The number of nitrogens with one attached hydrogen (secondary N) is 2. The minimum atomic E-state index is -4.82. The first kappa shape index (κ1) is 27.2. The van der Waals surface area contributed by atoms with Gasteiger partial charge in [-0.3, -0.25) is 14.5 Å². The number of nitrogens with zero attached hydrogens (tertiary/aromatic N) is 4. The fourth-order valence-electron chi connectivity index (χ4n) is 4.94. The van der Waals surface area contributed by atoms with Crippen LogP contribution in [0.25, 0.3) is 16.9 Å². The van der Waals surface area contributed by atoms with Crippen LogP contribution in [0.5, 0.6) is 0 Å². The van der Waals surface area contributed by atoms with E-state index in [1.807, 2.05) is 30.3 Å². The molecule has 0 aliphatic heterocycles. The first-order chi connectivity index (χ1) is 19.3. The third kappa shape index (κ3) is 6.08. The molecule has 2 aromatic carbocycles. The highest BCUT2D eigenvalue weighted by atomic mass is 19.4. The minimum Gasteiger partial charge on any atom is -0.350 e. The molecule has 208 valence electrons. The molecule has 8 nitrogen and oxygen atoms in total. The summed E-state index contributed by atoms with van der Waals surface area (Å²) in [6, 6.07) is 17.8. The molecule has 0 bridgehead atoms. The average molecular weight is 551 g/mol. The summed E-state index contributed by atoms with van der Waals surface area (Å²) in [5.74, 6) is -0.882. The van der Waals surface area contributed by atoms with Crippen LogP contribution in [0.15, 0.2) is 73.1 Å². The number of hydrogen-bond acceptors (Lipinski definition) is 4. The molecule has 2 N–H and O–H groups in total. The molecule has 2 amide bonds. The van der Waals surface area contributed by atoms with Crippen LogP contribution in [0.1, 0.15) is 48.2 Å². The second-order valence-corrected chi connectivity index (χ2v) is 9.74. The van der Waals surface area contributed by atoms with Crippen LogP contribution in [0.3, 0.4) is 0 Å². The molecule has 1 fully saturated rings. The number of rotatable bonds is 8. The summed E-state index contributed by atoms with van der Waals surface area (Å²) in [6.45, 7) is -0.0382. The molecule has 2 heterocycles. The number of aromatic nitrogens is 4. The minimum absolute atomic E-state index is 0.0387. The molecule has 40 heavy (non-hydrogen) atoms. The van der Waals surface area contributed by atoms with Crippen LogP contribution >= 0.6 is 0 Å². The topological polar surface area (TPSA) is 95.9 Å². The smallest absolute Gasteiger partial charge is 0.350 e. The molecule has 1 aliphatic carbocycles. The van der Waals surface area contributed by atoms with Gasteiger partial charge in [-0.05, 0) is 30.5 Å². The highest BCUT2D eigenvalue weighted by Gasteiger charge is 2.39. The lowest BCUT2D eigenvalue weighted by Crippen LogP contribution is -2.43. The quantitative estimate of drug-likeness (QED) is 0.298. The number of para-hydroxylation sites is 1. The van der Waals surface area contributed by atoms with Crippen molar-refractivity contribution in [1.82, 2.24) is 25.1 Å². The van der Waals surface area contributed by atoms with Crippen molar-refractivity contribution in [2.24, 2.45) is 5.92 Å².